The van der Waals surface area contributed by atoms with Crippen molar-refractivity contribution in [2.24, 2.45) is 0 Å². The number of hydrogen-bond acceptors (Lipinski definition) is 3. The van der Waals surface area contributed by atoms with E-state index in [1.165, 1.54) is 5.56 Å². The minimum Gasteiger partial charge on any atom is -0.329 e. The van der Waals surface area contributed by atoms with Crippen LogP contribution in [0.2, 0.25) is 0 Å². The highest BCUT2D eigenvalue weighted by molar-refractivity contribution is 9.10. The standard InChI is InChI=1S/C16H20BrN3/c1-11-7-6-8-12(9-11)20(5)14-10-13(17)18-15(19-14)16(2,3)4/h6-10H,1-5H3. The summed E-state index contributed by atoms with van der Waals surface area (Å²) in [6.45, 7) is 8.44. The smallest absolute Gasteiger partial charge is 0.137 e. The molecule has 0 spiro atoms. The van der Waals surface area contributed by atoms with Gasteiger partial charge in [0.2, 0.25) is 0 Å². The Morgan fingerprint density at radius 3 is 2.40 bits per heavy atom. The average molecular weight is 334 g/mol. The lowest BCUT2D eigenvalue weighted by atomic mass is 9.96. The first-order chi connectivity index (χ1) is 9.27. The second kappa shape index (κ2) is 5.52. The molecule has 0 atom stereocenters. The van der Waals surface area contributed by atoms with Gasteiger partial charge in [-0.25, -0.2) is 9.97 Å². The van der Waals surface area contributed by atoms with E-state index in [2.05, 4.69) is 77.8 Å². The number of hydrogen-bond donors (Lipinski definition) is 0. The zero-order chi connectivity index (χ0) is 14.9. The maximum atomic E-state index is 4.70. The Bertz CT molecular complexity index is 617. The molecule has 0 fully saturated rings. The molecule has 0 saturated heterocycles. The molecule has 0 saturated carbocycles. The minimum absolute atomic E-state index is 0.0774. The second-order valence-corrected chi connectivity index (χ2v) is 6.83. The lowest BCUT2D eigenvalue weighted by molar-refractivity contribution is 0.543. The molecule has 0 N–H and O–H groups in total. The number of nitrogens with zero attached hydrogens (tertiary/aromatic N) is 3. The molecule has 106 valence electrons. The van der Waals surface area contributed by atoms with Crippen LogP contribution in [0.15, 0.2) is 34.9 Å². The third-order valence-electron chi connectivity index (χ3n) is 3.08. The van der Waals surface area contributed by atoms with E-state index in [-0.39, 0.29) is 5.41 Å². The molecule has 1 aromatic heterocycles. The maximum absolute atomic E-state index is 4.70. The molecule has 0 bridgehead atoms. The van der Waals surface area contributed by atoms with Crippen molar-refractivity contribution in [1.29, 1.82) is 0 Å². The van der Waals surface area contributed by atoms with Crippen molar-refractivity contribution in [1.82, 2.24) is 9.97 Å². The predicted octanol–water partition coefficient (Wildman–Crippen LogP) is 4.61. The van der Waals surface area contributed by atoms with E-state index in [9.17, 15) is 0 Å². The number of benzene rings is 1. The normalized spacial score (nSPS) is 11.5. The monoisotopic (exact) mass is 333 g/mol. The zero-order valence-corrected chi connectivity index (χ0v) is 14.2. The van der Waals surface area contributed by atoms with Gasteiger partial charge in [0.15, 0.2) is 0 Å². The molecule has 3 nitrogen and oxygen atoms in total. The largest absolute Gasteiger partial charge is 0.329 e. The molecular weight excluding hydrogens is 314 g/mol. The van der Waals surface area contributed by atoms with Crippen LogP contribution < -0.4 is 4.90 Å². The van der Waals surface area contributed by atoms with Gasteiger partial charge in [-0.2, -0.15) is 0 Å². The molecule has 0 unspecified atom stereocenters. The van der Waals surface area contributed by atoms with Crippen LogP contribution in [-0.2, 0) is 5.41 Å². The first-order valence-corrected chi connectivity index (χ1v) is 7.42. The van der Waals surface area contributed by atoms with Gasteiger partial charge in [0, 0.05) is 24.2 Å². The van der Waals surface area contributed by atoms with Gasteiger partial charge < -0.3 is 4.90 Å². The van der Waals surface area contributed by atoms with Gasteiger partial charge in [0.25, 0.3) is 0 Å². The van der Waals surface area contributed by atoms with E-state index < -0.39 is 0 Å². The summed E-state index contributed by atoms with van der Waals surface area (Å²) in [5.41, 5.74) is 2.28. The number of aromatic nitrogens is 2. The highest BCUT2D eigenvalue weighted by Gasteiger charge is 2.20. The fraction of sp³-hybridized carbons (Fsp3) is 0.375. The number of aryl methyl sites for hydroxylation is 1. The lowest BCUT2D eigenvalue weighted by Gasteiger charge is -2.23. The van der Waals surface area contributed by atoms with Gasteiger partial charge in [-0.15, -0.1) is 0 Å². The molecule has 4 heteroatoms. The Morgan fingerprint density at radius 1 is 1.10 bits per heavy atom. The summed E-state index contributed by atoms with van der Waals surface area (Å²) in [4.78, 5) is 11.3. The van der Waals surface area contributed by atoms with Gasteiger partial charge in [0.05, 0.1) is 0 Å². The summed E-state index contributed by atoms with van der Waals surface area (Å²) < 4.78 is 0.812. The van der Waals surface area contributed by atoms with E-state index in [4.69, 9.17) is 4.98 Å². The fourth-order valence-corrected chi connectivity index (χ4v) is 2.25. The lowest BCUT2D eigenvalue weighted by Crippen LogP contribution is -2.19. The van der Waals surface area contributed by atoms with E-state index in [0.29, 0.717) is 0 Å². The molecule has 1 aromatic carbocycles. The van der Waals surface area contributed by atoms with Crippen molar-refractivity contribution in [2.45, 2.75) is 33.1 Å². The first-order valence-electron chi connectivity index (χ1n) is 6.63. The molecule has 0 aliphatic heterocycles. The zero-order valence-electron chi connectivity index (χ0n) is 12.6. The van der Waals surface area contributed by atoms with Crippen LogP contribution in [-0.4, -0.2) is 17.0 Å². The van der Waals surface area contributed by atoms with Gasteiger partial charge in [0.1, 0.15) is 16.2 Å². The SMILES string of the molecule is Cc1cccc(N(C)c2cc(Br)nc(C(C)(C)C)n2)c1. The molecule has 0 amide bonds. The molecular formula is C16H20BrN3. The molecule has 20 heavy (non-hydrogen) atoms. The van der Waals surface area contributed by atoms with Crippen LogP contribution in [0.4, 0.5) is 11.5 Å². The van der Waals surface area contributed by atoms with E-state index in [0.717, 1.165) is 21.9 Å². The third kappa shape index (κ3) is 3.37. The quantitative estimate of drug-likeness (QED) is 0.751. The highest BCUT2D eigenvalue weighted by atomic mass is 79.9. The van der Waals surface area contributed by atoms with Gasteiger partial charge in [-0.1, -0.05) is 32.9 Å². The van der Waals surface area contributed by atoms with E-state index in [1.807, 2.05) is 13.1 Å². The minimum atomic E-state index is -0.0774. The van der Waals surface area contributed by atoms with E-state index >= 15 is 0 Å². The van der Waals surface area contributed by atoms with E-state index in [1.54, 1.807) is 0 Å². The van der Waals surface area contributed by atoms with Crippen molar-refractivity contribution in [2.75, 3.05) is 11.9 Å². The summed E-state index contributed by atoms with van der Waals surface area (Å²) in [5, 5.41) is 0. The first kappa shape index (κ1) is 15.0. The third-order valence-corrected chi connectivity index (χ3v) is 3.49. The summed E-state index contributed by atoms with van der Waals surface area (Å²) in [5.74, 6) is 1.73. The van der Waals surface area contributed by atoms with Gasteiger partial charge >= 0.3 is 0 Å². The van der Waals surface area contributed by atoms with Crippen LogP contribution in [0.1, 0.15) is 32.2 Å². The number of anilines is 2. The van der Waals surface area contributed by atoms with Crippen molar-refractivity contribution in [3.05, 3.63) is 46.3 Å². The van der Waals surface area contributed by atoms with Gasteiger partial charge in [-0.05, 0) is 40.5 Å². The summed E-state index contributed by atoms with van der Waals surface area (Å²) in [7, 11) is 2.02. The van der Waals surface area contributed by atoms with Crippen LogP contribution >= 0.6 is 15.9 Å². The Balaban J connectivity index is 2.45. The van der Waals surface area contributed by atoms with Crippen LogP contribution in [0.5, 0.6) is 0 Å². The Labute approximate surface area is 129 Å². The van der Waals surface area contributed by atoms with Crippen LogP contribution in [0.25, 0.3) is 0 Å². The molecule has 0 aliphatic carbocycles. The van der Waals surface area contributed by atoms with Crippen molar-refractivity contribution in [3.63, 3.8) is 0 Å². The molecule has 1 heterocycles. The highest BCUT2D eigenvalue weighted by Crippen LogP contribution is 2.27. The van der Waals surface area contributed by atoms with Crippen LogP contribution in [0, 0.1) is 6.92 Å². The second-order valence-electron chi connectivity index (χ2n) is 6.02. The van der Waals surface area contributed by atoms with Crippen LogP contribution in [0.3, 0.4) is 0 Å². The molecule has 2 rings (SSSR count). The molecule has 0 aliphatic rings. The Kier molecular flexibility index (Phi) is 4.14. The Morgan fingerprint density at radius 2 is 1.80 bits per heavy atom. The maximum Gasteiger partial charge on any atom is 0.137 e. The average Bonchev–Trinajstić information content (AvgIpc) is 2.36. The van der Waals surface area contributed by atoms with Crippen molar-refractivity contribution >= 4 is 27.4 Å². The summed E-state index contributed by atoms with van der Waals surface area (Å²) in [6.07, 6.45) is 0. The molecule has 2 aromatic rings. The summed E-state index contributed by atoms with van der Waals surface area (Å²) in [6, 6.07) is 10.3. The van der Waals surface area contributed by atoms with Gasteiger partial charge in [-0.3, -0.25) is 0 Å². The van der Waals surface area contributed by atoms with Crippen molar-refractivity contribution in [3.8, 4) is 0 Å². The number of halogens is 1. The molecule has 0 radical (unpaired) electrons. The topological polar surface area (TPSA) is 29.0 Å². The number of rotatable bonds is 2. The summed E-state index contributed by atoms with van der Waals surface area (Å²) >= 11 is 3.48. The predicted molar refractivity (Wildman–Crippen MR) is 87.7 cm³/mol. The van der Waals surface area contributed by atoms with Crippen molar-refractivity contribution < 1.29 is 0 Å². The Hall–Kier alpha value is -1.42. The fourth-order valence-electron chi connectivity index (χ4n) is 1.88.